The first kappa shape index (κ1) is 13.0. The molecule has 7 heteroatoms. The van der Waals surface area contributed by atoms with Crippen molar-refractivity contribution >= 4 is 33.3 Å². The minimum Gasteiger partial charge on any atom is -0.389 e. The number of nitrogens with zero attached hydrogens (tertiary/aromatic N) is 1. The number of nitrogens with two attached hydrogens (primary N) is 1. The number of rotatable bonds is 3. The Morgan fingerprint density at radius 1 is 1.21 bits per heavy atom. The Bertz CT molecular complexity index is 624. The molecule has 0 bridgehead atoms. The van der Waals surface area contributed by atoms with Crippen LogP contribution in [0.25, 0.3) is 0 Å². The third-order valence-corrected chi connectivity index (χ3v) is 3.13. The largest absolute Gasteiger partial charge is 0.389 e. The van der Waals surface area contributed by atoms with Crippen molar-refractivity contribution in [2.24, 2.45) is 0 Å². The Kier molecular flexibility index (Phi) is 3.76. The summed E-state index contributed by atoms with van der Waals surface area (Å²) in [5.74, 6) is -0.710. The third kappa shape index (κ3) is 2.89. The molecule has 0 aliphatic rings. The van der Waals surface area contributed by atoms with Gasteiger partial charge in [0, 0.05) is 7.05 Å². The zero-order chi connectivity index (χ0) is 13.8. The maximum atomic E-state index is 12.1. The number of anilines is 2. The first-order chi connectivity index (χ1) is 9.11. The highest BCUT2D eigenvalue weighted by Gasteiger charge is 2.16. The van der Waals surface area contributed by atoms with Gasteiger partial charge in [-0.15, -0.1) is 0 Å². The van der Waals surface area contributed by atoms with Crippen LogP contribution in [0, 0.1) is 0 Å². The Morgan fingerprint density at radius 2 is 1.84 bits per heavy atom. The summed E-state index contributed by atoms with van der Waals surface area (Å²) < 4.78 is 0. The highest BCUT2D eigenvalue weighted by atomic mass is 32.1. The van der Waals surface area contributed by atoms with E-state index in [1.165, 1.54) is 13.2 Å². The first-order valence-corrected chi connectivity index (χ1v) is 6.27. The second-order valence-corrected chi connectivity index (χ2v) is 4.71. The van der Waals surface area contributed by atoms with Crippen LogP contribution in [0.4, 0.5) is 10.1 Å². The number of amides is 2. The van der Waals surface area contributed by atoms with Gasteiger partial charge < -0.3 is 11.1 Å². The number of carbonyl (C=O) groups is 2. The fourth-order valence-electron chi connectivity index (χ4n) is 1.52. The van der Waals surface area contributed by atoms with Crippen molar-refractivity contribution in [2.45, 2.75) is 0 Å². The first-order valence-electron chi connectivity index (χ1n) is 5.45. The van der Waals surface area contributed by atoms with E-state index >= 15 is 0 Å². The second kappa shape index (κ2) is 5.49. The quantitative estimate of drug-likeness (QED) is 0.788. The molecule has 2 rings (SSSR count). The molecule has 98 valence electrons. The highest BCUT2D eigenvalue weighted by molar-refractivity contribution is 7.19. The topological polar surface area (TPSA) is 97.1 Å². The van der Waals surface area contributed by atoms with Gasteiger partial charge >= 0.3 is 0 Å². The average molecular weight is 276 g/mol. The van der Waals surface area contributed by atoms with Gasteiger partial charge in [-0.05, 0) is 12.1 Å². The number of hydrogen-bond acceptors (Lipinski definition) is 5. The number of benzene rings is 1. The van der Waals surface area contributed by atoms with E-state index < -0.39 is 5.91 Å². The van der Waals surface area contributed by atoms with Gasteiger partial charge in [0.1, 0.15) is 5.00 Å². The van der Waals surface area contributed by atoms with Crippen LogP contribution in [-0.4, -0.2) is 23.8 Å². The summed E-state index contributed by atoms with van der Waals surface area (Å²) >= 11 is 1.16. The van der Waals surface area contributed by atoms with Crippen molar-refractivity contribution in [3.63, 3.8) is 0 Å². The number of thiazole rings is 1. The van der Waals surface area contributed by atoms with Crippen LogP contribution < -0.4 is 16.4 Å². The molecule has 4 N–H and O–H groups in total. The molecule has 2 amide bonds. The summed E-state index contributed by atoms with van der Waals surface area (Å²) in [5.41, 5.74) is 6.13. The van der Waals surface area contributed by atoms with E-state index in [1.54, 1.807) is 24.3 Å². The predicted molar refractivity (Wildman–Crippen MR) is 74.3 cm³/mol. The monoisotopic (exact) mass is 276 g/mol. The molecule has 1 heterocycles. The van der Waals surface area contributed by atoms with Crippen LogP contribution in [0.5, 0.6) is 0 Å². The number of nitrogen functional groups attached to an aromatic ring is 1. The molecule has 6 nitrogen and oxygen atoms in total. The molecule has 0 atom stereocenters. The van der Waals surface area contributed by atoms with Gasteiger partial charge in [-0.1, -0.05) is 23.5 Å². The Labute approximate surface area is 113 Å². The molecule has 2 aromatic rings. The second-order valence-electron chi connectivity index (χ2n) is 3.65. The smallest absolute Gasteiger partial charge is 0.258 e. The van der Waals surface area contributed by atoms with Gasteiger partial charge in [0.2, 0.25) is 0 Å². The minimum atomic E-state index is -0.395. The summed E-state index contributed by atoms with van der Waals surface area (Å²) in [7, 11) is 1.51. The SMILES string of the molecule is CNC(=O)c1ccccc1C(=O)Nc1ncc(N)s1. The lowest BCUT2D eigenvalue weighted by Crippen LogP contribution is -2.23. The van der Waals surface area contributed by atoms with Crippen molar-refractivity contribution in [1.29, 1.82) is 0 Å². The molecule has 1 aromatic heterocycles. The molecule has 0 spiro atoms. The lowest BCUT2D eigenvalue weighted by Gasteiger charge is -2.07. The molecule has 0 aliphatic heterocycles. The molecule has 0 aliphatic carbocycles. The number of hydrogen-bond donors (Lipinski definition) is 3. The van der Waals surface area contributed by atoms with Crippen LogP contribution in [0.3, 0.4) is 0 Å². The lowest BCUT2D eigenvalue weighted by molar-refractivity contribution is 0.0948. The standard InChI is InChI=1S/C12H12N4O2S/c1-14-10(17)7-4-2-3-5-8(7)11(18)16-12-15-6-9(13)19-12/h2-6H,13H2,1H3,(H,14,17)(H,15,16,18). The van der Waals surface area contributed by atoms with Crippen molar-refractivity contribution in [2.75, 3.05) is 18.1 Å². The Hall–Kier alpha value is -2.41. The molecule has 0 fully saturated rings. The van der Waals surface area contributed by atoms with E-state index in [4.69, 9.17) is 5.73 Å². The molecular weight excluding hydrogens is 264 g/mol. The van der Waals surface area contributed by atoms with Gasteiger partial charge in [0.15, 0.2) is 5.13 Å². The van der Waals surface area contributed by atoms with E-state index in [2.05, 4.69) is 15.6 Å². The van der Waals surface area contributed by atoms with E-state index in [0.717, 1.165) is 11.3 Å². The van der Waals surface area contributed by atoms with Gasteiger partial charge in [0.05, 0.1) is 17.3 Å². The van der Waals surface area contributed by atoms with Gasteiger partial charge in [-0.3, -0.25) is 14.9 Å². The molecule has 0 saturated carbocycles. The minimum absolute atomic E-state index is 0.288. The Morgan fingerprint density at radius 3 is 2.37 bits per heavy atom. The van der Waals surface area contributed by atoms with E-state index in [9.17, 15) is 9.59 Å². The molecule has 1 aromatic carbocycles. The van der Waals surface area contributed by atoms with E-state index in [-0.39, 0.29) is 11.5 Å². The van der Waals surface area contributed by atoms with E-state index in [0.29, 0.717) is 15.7 Å². The summed E-state index contributed by atoms with van der Waals surface area (Å²) in [6.45, 7) is 0. The van der Waals surface area contributed by atoms with Crippen LogP contribution in [0.2, 0.25) is 0 Å². The summed E-state index contributed by atoms with van der Waals surface area (Å²) in [6.07, 6.45) is 1.46. The summed E-state index contributed by atoms with van der Waals surface area (Å²) in [4.78, 5) is 27.7. The maximum Gasteiger partial charge on any atom is 0.258 e. The average Bonchev–Trinajstić information content (AvgIpc) is 2.83. The zero-order valence-electron chi connectivity index (χ0n) is 10.1. The molecular formula is C12H12N4O2S. The van der Waals surface area contributed by atoms with Gasteiger partial charge in [-0.25, -0.2) is 4.98 Å². The molecule has 19 heavy (non-hydrogen) atoms. The van der Waals surface area contributed by atoms with E-state index in [1.807, 2.05) is 0 Å². The Balaban J connectivity index is 2.26. The third-order valence-electron chi connectivity index (χ3n) is 2.39. The van der Waals surface area contributed by atoms with Crippen molar-refractivity contribution < 1.29 is 9.59 Å². The molecule has 0 saturated heterocycles. The summed E-state index contributed by atoms with van der Waals surface area (Å²) in [6, 6.07) is 6.56. The predicted octanol–water partition coefficient (Wildman–Crippen LogP) is 1.34. The number of nitrogens with one attached hydrogen (secondary N) is 2. The molecule has 0 unspecified atom stereocenters. The van der Waals surface area contributed by atoms with Crippen LogP contribution in [0.1, 0.15) is 20.7 Å². The van der Waals surface area contributed by atoms with Crippen LogP contribution in [-0.2, 0) is 0 Å². The van der Waals surface area contributed by atoms with Crippen LogP contribution in [0.15, 0.2) is 30.5 Å². The van der Waals surface area contributed by atoms with Crippen LogP contribution >= 0.6 is 11.3 Å². The number of carbonyl (C=O) groups excluding carboxylic acids is 2. The maximum absolute atomic E-state index is 12.1. The lowest BCUT2D eigenvalue weighted by atomic mass is 10.1. The van der Waals surface area contributed by atoms with Crippen molar-refractivity contribution in [3.05, 3.63) is 41.6 Å². The fraction of sp³-hybridized carbons (Fsp3) is 0.0833. The summed E-state index contributed by atoms with van der Waals surface area (Å²) in [5, 5.41) is 6.01. The normalized spacial score (nSPS) is 9.95. The van der Waals surface area contributed by atoms with Gasteiger partial charge in [-0.2, -0.15) is 0 Å². The van der Waals surface area contributed by atoms with Crippen molar-refractivity contribution in [1.82, 2.24) is 10.3 Å². The fourth-order valence-corrected chi connectivity index (χ4v) is 2.10. The number of aromatic nitrogens is 1. The highest BCUT2D eigenvalue weighted by Crippen LogP contribution is 2.20. The zero-order valence-corrected chi connectivity index (χ0v) is 11.0. The van der Waals surface area contributed by atoms with Crippen molar-refractivity contribution in [3.8, 4) is 0 Å². The van der Waals surface area contributed by atoms with Gasteiger partial charge in [0.25, 0.3) is 11.8 Å². The molecule has 0 radical (unpaired) electrons.